The van der Waals surface area contributed by atoms with Gasteiger partial charge in [-0.3, -0.25) is 4.79 Å². The number of carbonyl (C=O) groups is 1. The summed E-state index contributed by atoms with van der Waals surface area (Å²) in [5.74, 6) is 1.18. The highest BCUT2D eigenvalue weighted by molar-refractivity contribution is 8.00. The third-order valence-corrected chi connectivity index (χ3v) is 4.97. The van der Waals surface area contributed by atoms with Gasteiger partial charge in [0, 0.05) is 22.5 Å². The molecule has 0 bridgehead atoms. The Morgan fingerprint density at radius 2 is 2.26 bits per heavy atom. The zero-order valence-electron chi connectivity index (χ0n) is 11.4. The van der Waals surface area contributed by atoms with Crippen molar-refractivity contribution >= 4 is 35.8 Å². The SMILES string of the molecule is Cc1ccc(N)cc1C(=O)NCC1(C)CCCS1.Cl. The molecule has 1 aliphatic heterocycles. The van der Waals surface area contributed by atoms with Crippen LogP contribution in [0.1, 0.15) is 35.7 Å². The molecule has 1 fully saturated rings. The minimum Gasteiger partial charge on any atom is -0.399 e. The average molecular weight is 301 g/mol. The van der Waals surface area contributed by atoms with E-state index in [0.717, 1.165) is 12.1 Å². The van der Waals surface area contributed by atoms with Crippen LogP contribution in [0.5, 0.6) is 0 Å². The summed E-state index contributed by atoms with van der Waals surface area (Å²) in [5, 5.41) is 3.03. The van der Waals surface area contributed by atoms with Gasteiger partial charge in [-0.15, -0.1) is 12.4 Å². The van der Waals surface area contributed by atoms with Gasteiger partial charge in [0.05, 0.1) is 0 Å². The molecule has 1 saturated heterocycles. The molecule has 1 aliphatic rings. The van der Waals surface area contributed by atoms with Crippen LogP contribution in [-0.2, 0) is 0 Å². The number of rotatable bonds is 3. The third-order valence-electron chi connectivity index (χ3n) is 3.43. The fourth-order valence-corrected chi connectivity index (χ4v) is 3.47. The largest absolute Gasteiger partial charge is 0.399 e. The van der Waals surface area contributed by atoms with Crippen molar-refractivity contribution in [2.24, 2.45) is 0 Å². The van der Waals surface area contributed by atoms with Crippen LogP contribution in [0.25, 0.3) is 0 Å². The second kappa shape index (κ2) is 6.53. The van der Waals surface area contributed by atoms with Crippen LogP contribution >= 0.6 is 24.2 Å². The summed E-state index contributed by atoms with van der Waals surface area (Å²) in [6.45, 7) is 4.88. The molecule has 0 radical (unpaired) electrons. The first kappa shape index (κ1) is 16.2. The van der Waals surface area contributed by atoms with Crippen LogP contribution in [0.15, 0.2) is 18.2 Å². The molecular formula is C14H21ClN2OS. The molecule has 3 nitrogen and oxygen atoms in total. The predicted octanol–water partition coefficient (Wildman–Crippen LogP) is 3.01. The number of hydrogen-bond donors (Lipinski definition) is 2. The molecule has 106 valence electrons. The number of thioether (sulfide) groups is 1. The summed E-state index contributed by atoms with van der Waals surface area (Å²) in [6.07, 6.45) is 2.42. The molecule has 1 heterocycles. The van der Waals surface area contributed by atoms with E-state index < -0.39 is 0 Å². The van der Waals surface area contributed by atoms with Gasteiger partial charge in [0.15, 0.2) is 0 Å². The first-order valence-corrected chi connectivity index (χ1v) is 7.27. The highest BCUT2D eigenvalue weighted by Gasteiger charge is 2.29. The van der Waals surface area contributed by atoms with Crippen molar-refractivity contribution in [1.82, 2.24) is 5.32 Å². The standard InChI is InChI=1S/C14H20N2OS.ClH/c1-10-4-5-11(15)8-12(10)13(17)16-9-14(2)6-3-7-18-14;/h4-5,8H,3,6-7,9,15H2,1-2H3,(H,16,17);1H. The number of nitrogen functional groups attached to an aromatic ring is 1. The van der Waals surface area contributed by atoms with Crippen molar-refractivity contribution in [1.29, 1.82) is 0 Å². The lowest BCUT2D eigenvalue weighted by atomic mass is 10.0. The molecule has 3 N–H and O–H groups in total. The maximum atomic E-state index is 12.1. The van der Waals surface area contributed by atoms with Gasteiger partial charge in [0.25, 0.3) is 5.91 Å². The van der Waals surface area contributed by atoms with E-state index in [-0.39, 0.29) is 23.1 Å². The minimum atomic E-state index is -0.0199. The smallest absolute Gasteiger partial charge is 0.251 e. The first-order chi connectivity index (χ1) is 8.50. The molecule has 5 heteroatoms. The lowest BCUT2D eigenvalue weighted by molar-refractivity contribution is 0.0949. The van der Waals surface area contributed by atoms with Crippen LogP contribution in [0.4, 0.5) is 5.69 Å². The molecular weight excluding hydrogens is 280 g/mol. The Balaban J connectivity index is 0.00000180. The Morgan fingerprint density at radius 1 is 1.53 bits per heavy atom. The zero-order chi connectivity index (χ0) is 13.2. The number of amides is 1. The van der Waals surface area contributed by atoms with Crippen molar-refractivity contribution in [3.05, 3.63) is 29.3 Å². The second-order valence-electron chi connectivity index (χ2n) is 5.16. The van der Waals surface area contributed by atoms with Gasteiger partial charge in [-0.05, 0) is 50.1 Å². The second-order valence-corrected chi connectivity index (χ2v) is 6.84. The summed E-state index contributed by atoms with van der Waals surface area (Å²) >= 11 is 1.95. The predicted molar refractivity (Wildman–Crippen MR) is 85.3 cm³/mol. The molecule has 2 rings (SSSR count). The summed E-state index contributed by atoms with van der Waals surface area (Å²) < 4.78 is 0.198. The van der Waals surface area contributed by atoms with Crippen molar-refractivity contribution in [3.8, 4) is 0 Å². The van der Waals surface area contributed by atoms with Crippen molar-refractivity contribution in [2.75, 3.05) is 18.0 Å². The van der Waals surface area contributed by atoms with Gasteiger partial charge in [-0.25, -0.2) is 0 Å². The third kappa shape index (κ3) is 4.05. The van der Waals surface area contributed by atoms with Crippen LogP contribution in [0.2, 0.25) is 0 Å². The molecule has 1 aromatic rings. The first-order valence-electron chi connectivity index (χ1n) is 6.28. The fraction of sp³-hybridized carbons (Fsp3) is 0.500. The van der Waals surface area contributed by atoms with Gasteiger partial charge in [0.2, 0.25) is 0 Å². The molecule has 0 aliphatic carbocycles. The molecule has 19 heavy (non-hydrogen) atoms. The van der Waals surface area contributed by atoms with E-state index in [1.807, 2.05) is 30.8 Å². The average Bonchev–Trinajstić information content (AvgIpc) is 2.77. The van der Waals surface area contributed by atoms with Gasteiger partial charge in [-0.1, -0.05) is 6.07 Å². The molecule has 1 amide bonds. The van der Waals surface area contributed by atoms with Crippen LogP contribution < -0.4 is 11.1 Å². The number of hydrogen-bond acceptors (Lipinski definition) is 3. The van der Waals surface area contributed by atoms with Crippen LogP contribution in [0.3, 0.4) is 0 Å². The number of benzene rings is 1. The van der Waals surface area contributed by atoms with E-state index in [4.69, 9.17) is 5.73 Å². The van der Waals surface area contributed by atoms with Gasteiger partial charge < -0.3 is 11.1 Å². The van der Waals surface area contributed by atoms with E-state index in [1.165, 1.54) is 18.6 Å². The molecule has 1 aromatic carbocycles. The van der Waals surface area contributed by atoms with E-state index in [0.29, 0.717) is 11.3 Å². The lowest BCUT2D eigenvalue weighted by Crippen LogP contribution is -2.37. The molecule has 1 atom stereocenters. The lowest BCUT2D eigenvalue weighted by Gasteiger charge is -2.23. The Morgan fingerprint density at radius 3 is 2.89 bits per heavy atom. The van der Waals surface area contributed by atoms with Crippen molar-refractivity contribution < 1.29 is 4.79 Å². The monoisotopic (exact) mass is 300 g/mol. The normalized spacial score (nSPS) is 21.8. The van der Waals surface area contributed by atoms with Gasteiger partial charge in [-0.2, -0.15) is 11.8 Å². The van der Waals surface area contributed by atoms with Crippen molar-refractivity contribution in [2.45, 2.75) is 31.4 Å². The van der Waals surface area contributed by atoms with Gasteiger partial charge >= 0.3 is 0 Å². The molecule has 1 unspecified atom stereocenters. The molecule has 0 saturated carbocycles. The number of carbonyl (C=O) groups excluding carboxylic acids is 1. The van der Waals surface area contributed by atoms with E-state index in [9.17, 15) is 4.79 Å². The number of nitrogens with one attached hydrogen (secondary N) is 1. The van der Waals surface area contributed by atoms with Crippen molar-refractivity contribution in [3.63, 3.8) is 0 Å². The van der Waals surface area contributed by atoms with E-state index in [1.54, 1.807) is 6.07 Å². The summed E-state index contributed by atoms with van der Waals surface area (Å²) in [4.78, 5) is 12.1. The Labute approximate surface area is 125 Å². The van der Waals surface area contributed by atoms with Crippen LogP contribution in [0, 0.1) is 6.92 Å². The van der Waals surface area contributed by atoms with Crippen LogP contribution in [-0.4, -0.2) is 23.0 Å². The number of nitrogens with two attached hydrogens (primary N) is 1. The molecule has 0 aromatic heterocycles. The maximum absolute atomic E-state index is 12.1. The quantitative estimate of drug-likeness (QED) is 0.844. The highest BCUT2D eigenvalue weighted by Crippen LogP contribution is 2.37. The topological polar surface area (TPSA) is 55.1 Å². The summed E-state index contributed by atoms with van der Waals surface area (Å²) in [6, 6.07) is 5.45. The Bertz CT molecular complexity index is 459. The number of halogens is 1. The Hall–Kier alpha value is -0.870. The summed E-state index contributed by atoms with van der Waals surface area (Å²) in [7, 11) is 0. The van der Waals surface area contributed by atoms with E-state index >= 15 is 0 Å². The summed E-state index contributed by atoms with van der Waals surface area (Å²) in [5.41, 5.74) is 8.00. The molecule has 0 spiro atoms. The highest BCUT2D eigenvalue weighted by atomic mass is 35.5. The van der Waals surface area contributed by atoms with Gasteiger partial charge in [0.1, 0.15) is 0 Å². The Kier molecular flexibility index (Phi) is 5.56. The number of aryl methyl sites for hydroxylation is 1. The minimum absolute atomic E-state index is 0. The zero-order valence-corrected chi connectivity index (χ0v) is 13.0. The number of anilines is 1. The van der Waals surface area contributed by atoms with E-state index in [2.05, 4.69) is 12.2 Å². The fourth-order valence-electron chi connectivity index (χ4n) is 2.22. The maximum Gasteiger partial charge on any atom is 0.251 e.